The van der Waals surface area contributed by atoms with Gasteiger partial charge in [-0.25, -0.2) is 0 Å². The van der Waals surface area contributed by atoms with Gasteiger partial charge in [-0.1, -0.05) is 84.9 Å². The summed E-state index contributed by atoms with van der Waals surface area (Å²) in [5, 5.41) is 17.7. The van der Waals surface area contributed by atoms with Crippen molar-refractivity contribution in [3.8, 4) is 16.9 Å². The zero-order valence-electron chi connectivity index (χ0n) is 16.2. The summed E-state index contributed by atoms with van der Waals surface area (Å²) in [6.07, 6.45) is 0. The minimum Gasteiger partial charge on any atom is -0.506 e. The van der Waals surface area contributed by atoms with Crippen LogP contribution in [0.5, 0.6) is 5.75 Å². The monoisotopic (exact) mass is 389 g/mol. The molecule has 5 aromatic carbocycles. The van der Waals surface area contributed by atoms with E-state index in [1.54, 1.807) is 18.2 Å². The lowest BCUT2D eigenvalue weighted by molar-refractivity contribution is 0.102. The quantitative estimate of drug-likeness (QED) is 0.341. The largest absolute Gasteiger partial charge is 0.506 e. The van der Waals surface area contributed by atoms with Crippen LogP contribution >= 0.6 is 0 Å². The Morgan fingerprint density at radius 3 is 2.17 bits per heavy atom. The highest BCUT2D eigenvalue weighted by molar-refractivity contribution is 6.10. The van der Waals surface area contributed by atoms with E-state index in [-0.39, 0.29) is 11.7 Å². The lowest BCUT2D eigenvalue weighted by atomic mass is 9.96. The van der Waals surface area contributed by atoms with Crippen LogP contribution in [0.3, 0.4) is 0 Å². The summed E-state index contributed by atoms with van der Waals surface area (Å²) in [4.78, 5) is 13.0. The Hall–Kier alpha value is -4.11. The number of hydrogen-bond acceptors (Lipinski definition) is 2. The Morgan fingerprint density at radius 2 is 1.30 bits per heavy atom. The molecule has 0 saturated heterocycles. The van der Waals surface area contributed by atoms with Crippen LogP contribution < -0.4 is 5.32 Å². The topological polar surface area (TPSA) is 49.3 Å². The Morgan fingerprint density at radius 1 is 0.633 bits per heavy atom. The van der Waals surface area contributed by atoms with E-state index in [1.165, 1.54) is 0 Å². The van der Waals surface area contributed by atoms with Crippen LogP contribution in [-0.2, 0) is 0 Å². The van der Waals surface area contributed by atoms with E-state index in [1.807, 2.05) is 72.8 Å². The Labute approximate surface area is 174 Å². The molecule has 5 aromatic rings. The minimum absolute atomic E-state index is 0.0366. The number of phenolic OH excluding ortho intramolecular Hbond substituents is 1. The molecular formula is C27H19NO2. The van der Waals surface area contributed by atoms with Crippen LogP contribution in [0.15, 0.2) is 103 Å². The molecule has 3 nitrogen and oxygen atoms in total. The summed E-state index contributed by atoms with van der Waals surface area (Å²) in [7, 11) is 0. The summed E-state index contributed by atoms with van der Waals surface area (Å²) < 4.78 is 0. The van der Waals surface area contributed by atoms with Gasteiger partial charge >= 0.3 is 0 Å². The number of para-hydroxylation sites is 1. The molecule has 1 amide bonds. The van der Waals surface area contributed by atoms with E-state index in [0.29, 0.717) is 11.3 Å². The highest BCUT2D eigenvalue weighted by atomic mass is 16.3. The van der Waals surface area contributed by atoms with Gasteiger partial charge in [-0.05, 0) is 45.3 Å². The standard InChI is InChI=1S/C27H19NO2/c29-25-14-6-13-24(23-12-5-10-19-8-3-4-11-22(19)23)26(25)28-27(30)21-16-15-18-7-1-2-9-20(18)17-21/h1-17,29H,(H,28,30). The van der Waals surface area contributed by atoms with Crippen molar-refractivity contribution in [3.05, 3.63) is 109 Å². The SMILES string of the molecule is O=C(Nc1c(O)cccc1-c1cccc2ccccc12)c1ccc2ccccc2c1. The average molecular weight is 389 g/mol. The highest BCUT2D eigenvalue weighted by Crippen LogP contribution is 2.38. The molecule has 3 heteroatoms. The van der Waals surface area contributed by atoms with Crippen LogP contribution in [0, 0.1) is 0 Å². The van der Waals surface area contributed by atoms with Crippen molar-refractivity contribution in [2.45, 2.75) is 0 Å². The summed E-state index contributed by atoms with van der Waals surface area (Å²) in [6, 6.07) is 32.9. The van der Waals surface area contributed by atoms with Gasteiger partial charge in [0.2, 0.25) is 0 Å². The zero-order chi connectivity index (χ0) is 20.5. The Kier molecular flexibility index (Phi) is 4.41. The lowest BCUT2D eigenvalue weighted by Gasteiger charge is -2.15. The predicted molar refractivity (Wildman–Crippen MR) is 123 cm³/mol. The summed E-state index contributed by atoms with van der Waals surface area (Å²) >= 11 is 0. The van der Waals surface area contributed by atoms with Gasteiger partial charge in [-0.15, -0.1) is 0 Å². The number of aromatic hydroxyl groups is 1. The fourth-order valence-electron chi connectivity index (χ4n) is 3.87. The van der Waals surface area contributed by atoms with Crippen LogP contribution in [0.25, 0.3) is 32.7 Å². The number of anilines is 1. The molecule has 0 fully saturated rings. The minimum atomic E-state index is -0.260. The molecule has 5 rings (SSSR count). The first kappa shape index (κ1) is 18.0. The Bertz CT molecular complexity index is 1400. The molecule has 30 heavy (non-hydrogen) atoms. The van der Waals surface area contributed by atoms with Crippen molar-refractivity contribution in [1.82, 2.24) is 0 Å². The van der Waals surface area contributed by atoms with E-state index < -0.39 is 0 Å². The maximum atomic E-state index is 13.0. The summed E-state index contributed by atoms with van der Waals surface area (Å²) in [5.74, 6) is -0.224. The lowest BCUT2D eigenvalue weighted by Crippen LogP contribution is -2.12. The molecule has 0 radical (unpaired) electrons. The second-order valence-electron chi connectivity index (χ2n) is 7.24. The van der Waals surface area contributed by atoms with Gasteiger partial charge in [-0.2, -0.15) is 0 Å². The number of nitrogens with one attached hydrogen (secondary N) is 1. The first-order valence-corrected chi connectivity index (χ1v) is 9.81. The van der Waals surface area contributed by atoms with Gasteiger partial charge in [-0.3, -0.25) is 4.79 Å². The second-order valence-corrected chi connectivity index (χ2v) is 7.24. The van der Waals surface area contributed by atoms with E-state index >= 15 is 0 Å². The van der Waals surface area contributed by atoms with E-state index in [4.69, 9.17) is 0 Å². The first-order valence-electron chi connectivity index (χ1n) is 9.81. The maximum absolute atomic E-state index is 13.0. The number of hydrogen-bond donors (Lipinski definition) is 2. The van der Waals surface area contributed by atoms with E-state index in [2.05, 4.69) is 17.4 Å². The second kappa shape index (κ2) is 7.37. The van der Waals surface area contributed by atoms with Crippen LogP contribution in [0.1, 0.15) is 10.4 Å². The van der Waals surface area contributed by atoms with Gasteiger partial charge in [0.1, 0.15) is 5.75 Å². The zero-order valence-corrected chi connectivity index (χ0v) is 16.2. The molecule has 0 atom stereocenters. The average Bonchev–Trinajstić information content (AvgIpc) is 2.79. The number of fused-ring (bicyclic) bond motifs is 2. The van der Waals surface area contributed by atoms with E-state index in [0.717, 1.165) is 32.7 Å². The van der Waals surface area contributed by atoms with Gasteiger partial charge in [0.15, 0.2) is 0 Å². The van der Waals surface area contributed by atoms with E-state index in [9.17, 15) is 9.90 Å². The number of phenols is 1. The summed E-state index contributed by atoms with van der Waals surface area (Å²) in [6.45, 7) is 0. The molecular weight excluding hydrogens is 370 g/mol. The molecule has 0 aromatic heterocycles. The maximum Gasteiger partial charge on any atom is 0.255 e. The fraction of sp³-hybridized carbons (Fsp3) is 0. The predicted octanol–water partition coefficient (Wildman–Crippen LogP) is 6.62. The number of amides is 1. The molecule has 0 bridgehead atoms. The smallest absolute Gasteiger partial charge is 0.255 e. The molecule has 0 aliphatic heterocycles. The highest BCUT2D eigenvalue weighted by Gasteiger charge is 2.16. The third kappa shape index (κ3) is 3.16. The van der Waals surface area contributed by atoms with Gasteiger partial charge in [0.05, 0.1) is 5.69 Å². The molecule has 0 heterocycles. The van der Waals surface area contributed by atoms with Crippen molar-refractivity contribution in [3.63, 3.8) is 0 Å². The molecule has 2 N–H and O–H groups in total. The number of carbonyl (C=O) groups is 1. The van der Waals surface area contributed by atoms with Crippen molar-refractivity contribution in [2.24, 2.45) is 0 Å². The molecule has 0 unspecified atom stereocenters. The third-order valence-corrected chi connectivity index (χ3v) is 5.37. The molecule has 0 saturated carbocycles. The van der Waals surface area contributed by atoms with Gasteiger partial charge < -0.3 is 10.4 Å². The molecule has 0 aliphatic carbocycles. The van der Waals surface area contributed by atoms with Crippen molar-refractivity contribution in [2.75, 3.05) is 5.32 Å². The molecule has 144 valence electrons. The van der Waals surface area contributed by atoms with Crippen LogP contribution in [-0.4, -0.2) is 11.0 Å². The fourth-order valence-corrected chi connectivity index (χ4v) is 3.87. The van der Waals surface area contributed by atoms with Gasteiger partial charge in [0, 0.05) is 11.1 Å². The number of rotatable bonds is 3. The Balaban J connectivity index is 1.58. The summed E-state index contributed by atoms with van der Waals surface area (Å²) in [5.41, 5.74) is 2.69. The third-order valence-electron chi connectivity index (χ3n) is 5.37. The first-order chi connectivity index (χ1) is 14.7. The van der Waals surface area contributed by atoms with Crippen molar-refractivity contribution < 1.29 is 9.90 Å². The number of carbonyl (C=O) groups excluding carboxylic acids is 1. The van der Waals surface area contributed by atoms with Gasteiger partial charge in [0.25, 0.3) is 5.91 Å². The van der Waals surface area contributed by atoms with Crippen molar-refractivity contribution in [1.29, 1.82) is 0 Å². The molecule has 0 spiro atoms. The van der Waals surface area contributed by atoms with Crippen LogP contribution in [0.4, 0.5) is 5.69 Å². The van der Waals surface area contributed by atoms with Crippen molar-refractivity contribution >= 4 is 33.1 Å². The van der Waals surface area contributed by atoms with Crippen LogP contribution in [0.2, 0.25) is 0 Å². The molecule has 0 aliphatic rings. The number of benzene rings is 5. The normalized spacial score (nSPS) is 10.9.